The van der Waals surface area contributed by atoms with Crippen LogP contribution in [0.5, 0.6) is 0 Å². The van der Waals surface area contributed by atoms with Crippen LogP contribution in [0.25, 0.3) is 10.8 Å². The van der Waals surface area contributed by atoms with Gasteiger partial charge < -0.3 is 0 Å². The molecule has 0 heterocycles. The number of isocyanates is 4. The van der Waals surface area contributed by atoms with E-state index in [2.05, 4.69) is 20.0 Å². The smallest absolute Gasteiger partial charge is 0.211 e. The minimum atomic E-state index is 0.117. The maximum Gasteiger partial charge on any atom is 0.240 e. The maximum atomic E-state index is 10.5. The third-order valence-electron chi connectivity index (χ3n) is 2.68. The first-order valence-electron chi connectivity index (χ1n) is 5.66. The first-order valence-corrected chi connectivity index (χ1v) is 5.66. The van der Waals surface area contributed by atoms with E-state index in [-0.39, 0.29) is 22.7 Å². The Morgan fingerprint density at radius 3 is 1.23 bits per heavy atom. The molecule has 0 aliphatic carbocycles. The summed E-state index contributed by atoms with van der Waals surface area (Å²) in [6, 6.07) is 5.55. The van der Waals surface area contributed by atoms with Gasteiger partial charge in [-0.3, -0.25) is 0 Å². The molecule has 0 aromatic heterocycles. The number of rotatable bonds is 4. The predicted molar refractivity (Wildman–Crippen MR) is 75.1 cm³/mol. The Kier molecular flexibility index (Phi) is 4.38. The molecule has 104 valence electrons. The van der Waals surface area contributed by atoms with E-state index < -0.39 is 0 Å². The van der Waals surface area contributed by atoms with E-state index >= 15 is 0 Å². The van der Waals surface area contributed by atoms with Crippen molar-refractivity contribution < 1.29 is 19.2 Å². The molecule has 2 aromatic carbocycles. The van der Waals surface area contributed by atoms with Gasteiger partial charge in [0.15, 0.2) is 0 Å². The van der Waals surface area contributed by atoms with Crippen molar-refractivity contribution in [1.29, 1.82) is 0 Å². The lowest BCUT2D eigenvalue weighted by Crippen LogP contribution is -1.78. The standard InChI is InChI=1S/C14H4N4O4/c19-5-15-9-1-11-12(14(3-9)18-8-22)2-10(16-6-20)4-13(11)17-7-21/h1-4H. The highest BCUT2D eigenvalue weighted by Crippen LogP contribution is 2.39. The zero-order chi connectivity index (χ0) is 15.9. The number of nitrogens with zero attached hydrogens (tertiary/aromatic N) is 4. The van der Waals surface area contributed by atoms with Gasteiger partial charge in [0.25, 0.3) is 0 Å². The van der Waals surface area contributed by atoms with Crippen LogP contribution in [0.15, 0.2) is 44.2 Å². The lowest BCUT2D eigenvalue weighted by atomic mass is 10.0. The average molecular weight is 292 g/mol. The summed E-state index contributed by atoms with van der Waals surface area (Å²) in [7, 11) is 0. The molecule has 0 fully saturated rings. The zero-order valence-electron chi connectivity index (χ0n) is 10.7. The Labute approximate surface area is 122 Å². The monoisotopic (exact) mass is 292 g/mol. The molecule has 0 spiro atoms. The van der Waals surface area contributed by atoms with E-state index in [0.717, 1.165) is 0 Å². The van der Waals surface area contributed by atoms with Crippen LogP contribution in [0.2, 0.25) is 0 Å². The minimum absolute atomic E-state index is 0.117. The zero-order valence-corrected chi connectivity index (χ0v) is 10.7. The van der Waals surface area contributed by atoms with Gasteiger partial charge in [0.05, 0.1) is 22.7 Å². The van der Waals surface area contributed by atoms with Crippen LogP contribution < -0.4 is 0 Å². The highest BCUT2D eigenvalue weighted by atomic mass is 16.1. The molecule has 0 N–H and O–H groups in total. The van der Waals surface area contributed by atoms with Gasteiger partial charge in [-0.1, -0.05) is 0 Å². The molecule has 0 radical (unpaired) electrons. The van der Waals surface area contributed by atoms with Crippen molar-refractivity contribution in [2.75, 3.05) is 0 Å². The fourth-order valence-electron chi connectivity index (χ4n) is 1.91. The molecule has 2 rings (SSSR count). The van der Waals surface area contributed by atoms with Gasteiger partial charge >= 0.3 is 0 Å². The van der Waals surface area contributed by atoms with Gasteiger partial charge in [-0.05, 0) is 24.3 Å². The molecule has 22 heavy (non-hydrogen) atoms. The van der Waals surface area contributed by atoms with E-state index in [9.17, 15) is 19.2 Å². The van der Waals surface area contributed by atoms with E-state index in [1.807, 2.05) is 0 Å². The number of fused-ring (bicyclic) bond motifs is 1. The van der Waals surface area contributed by atoms with Crippen molar-refractivity contribution in [2.45, 2.75) is 0 Å². The normalized spacial score (nSPS) is 8.91. The Morgan fingerprint density at radius 2 is 0.909 bits per heavy atom. The van der Waals surface area contributed by atoms with Crippen molar-refractivity contribution in [3.8, 4) is 0 Å². The minimum Gasteiger partial charge on any atom is -0.211 e. The van der Waals surface area contributed by atoms with Crippen LogP contribution in [0.3, 0.4) is 0 Å². The molecule has 2 aromatic rings. The summed E-state index contributed by atoms with van der Waals surface area (Å²) in [5.41, 5.74) is 0.551. The van der Waals surface area contributed by atoms with Gasteiger partial charge in [-0.15, -0.1) is 0 Å². The molecule has 0 saturated carbocycles. The van der Waals surface area contributed by atoms with Crippen LogP contribution in [0.4, 0.5) is 22.7 Å². The van der Waals surface area contributed by atoms with Gasteiger partial charge in [0.1, 0.15) is 0 Å². The predicted octanol–water partition coefficient (Wildman–Crippen LogP) is 2.71. The summed E-state index contributed by atoms with van der Waals surface area (Å²) < 4.78 is 0. The van der Waals surface area contributed by atoms with Gasteiger partial charge in [-0.2, -0.15) is 20.0 Å². The van der Waals surface area contributed by atoms with Gasteiger partial charge in [-0.25, -0.2) is 19.2 Å². The molecular formula is C14H4N4O4. The molecule has 0 saturated heterocycles. The number of benzene rings is 2. The van der Waals surface area contributed by atoms with Crippen molar-refractivity contribution in [3.05, 3.63) is 24.3 Å². The van der Waals surface area contributed by atoms with Gasteiger partial charge in [0, 0.05) is 10.8 Å². The SMILES string of the molecule is O=C=Nc1cc(N=C=O)c2cc(N=C=O)cc(N=C=O)c2c1. The molecule has 0 aliphatic heterocycles. The fraction of sp³-hybridized carbons (Fsp3) is 0. The van der Waals surface area contributed by atoms with Crippen molar-refractivity contribution in [3.63, 3.8) is 0 Å². The van der Waals surface area contributed by atoms with Crippen molar-refractivity contribution >= 4 is 57.8 Å². The van der Waals surface area contributed by atoms with E-state index in [0.29, 0.717) is 10.8 Å². The molecule has 0 aliphatic rings. The molecule has 8 nitrogen and oxygen atoms in total. The lowest BCUT2D eigenvalue weighted by Gasteiger charge is -2.06. The van der Waals surface area contributed by atoms with Crippen LogP contribution >= 0.6 is 0 Å². The van der Waals surface area contributed by atoms with E-state index in [4.69, 9.17) is 0 Å². The highest BCUT2D eigenvalue weighted by Gasteiger charge is 2.10. The largest absolute Gasteiger partial charge is 0.240 e. The summed E-state index contributed by atoms with van der Waals surface area (Å²) in [6.45, 7) is 0. The van der Waals surface area contributed by atoms with Crippen molar-refractivity contribution in [2.24, 2.45) is 20.0 Å². The molecule has 0 unspecified atom stereocenters. The quantitative estimate of drug-likeness (QED) is 0.635. The second kappa shape index (κ2) is 6.59. The summed E-state index contributed by atoms with van der Waals surface area (Å²) in [5.74, 6) is 0. The third-order valence-corrected chi connectivity index (χ3v) is 2.68. The molecule has 0 atom stereocenters. The van der Waals surface area contributed by atoms with E-state index in [1.165, 1.54) is 48.6 Å². The Bertz CT molecular complexity index is 877. The van der Waals surface area contributed by atoms with Crippen LogP contribution in [-0.2, 0) is 19.2 Å². The second-order valence-corrected chi connectivity index (χ2v) is 3.84. The number of hydrogen-bond donors (Lipinski definition) is 0. The summed E-state index contributed by atoms with van der Waals surface area (Å²) in [5, 5.41) is 0.720. The Balaban J connectivity index is 3.01. The third kappa shape index (κ3) is 2.86. The highest BCUT2D eigenvalue weighted by molar-refractivity contribution is 6.04. The van der Waals surface area contributed by atoms with Crippen molar-refractivity contribution in [1.82, 2.24) is 0 Å². The molecular weight excluding hydrogens is 288 g/mol. The first-order chi connectivity index (χ1) is 10.7. The molecule has 0 amide bonds. The summed E-state index contributed by atoms with van der Waals surface area (Å²) in [4.78, 5) is 55.7. The lowest BCUT2D eigenvalue weighted by molar-refractivity contribution is 0.564. The topological polar surface area (TPSA) is 118 Å². The number of hydrogen-bond acceptors (Lipinski definition) is 8. The maximum absolute atomic E-state index is 10.5. The van der Waals surface area contributed by atoms with Gasteiger partial charge in [0.2, 0.25) is 24.3 Å². The number of carbonyl (C=O) groups excluding carboxylic acids is 4. The number of aliphatic imine (C=N–C) groups is 4. The van der Waals surface area contributed by atoms with Crippen LogP contribution in [-0.4, -0.2) is 24.3 Å². The van der Waals surface area contributed by atoms with Crippen LogP contribution in [0, 0.1) is 0 Å². The Hall–Kier alpha value is -3.78. The average Bonchev–Trinajstić information content (AvgIpc) is 2.49. The molecule has 0 bridgehead atoms. The summed E-state index contributed by atoms with van der Waals surface area (Å²) >= 11 is 0. The summed E-state index contributed by atoms with van der Waals surface area (Å²) in [6.07, 6.45) is 5.45. The Morgan fingerprint density at radius 1 is 0.545 bits per heavy atom. The van der Waals surface area contributed by atoms with E-state index in [1.54, 1.807) is 0 Å². The first kappa shape index (κ1) is 14.6. The van der Waals surface area contributed by atoms with Crippen LogP contribution in [0.1, 0.15) is 0 Å². The fourth-order valence-corrected chi connectivity index (χ4v) is 1.91. The molecule has 8 heteroatoms. The second-order valence-electron chi connectivity index (χ2n) is 3.84.